The molecule has 1 N–H and O–H groups in total. The Morgan fingerprint density at radius 1 is 1.20 bits per heavy atom. The van der Waals surface area contributed by atoms with Crippen LogP contribution in [0.1, 0.15) is 25.0 Å². The van der Waals surface area contributed by atoms with E-state index in [1.807, 2.05) is 32.0 Å². The van der Waals surface area contributed by atoms with Crippen molar-refractivity contribution < 1.29 is 14.3 Å². The first kappa shape index (κ1) is 16.6. The van der Waals surface area contributed by atoms with E-state index in [0.717, 1.165) is 16.8 Å². The Labute approximate surface area is 124 Å². The Morgan fingerprint density at radius 2 is 1.85 bits per heavy atom. The summed E-state index contributed by atoms with van der Waals surface area (Å²) in [6.45, 7) is 7.49. The summed E-state index contributed by atoms with van der Waals surface area (Å²) in [5, 5.41) is 2.21. The predicted molar refractivity (Wildman–Crippen MR) is 83.1 cm³/mol. The lowest BCUT2D eigenvalue weighted by Crippen LogP contribution is -2.27. The van der Waals surface area contributed by atoms with Gasteiger partial charge in [-0.25, -0.2) is 0 Å². The number of amides is 1. The normalized spacial score (nSPS) is 13.4. The number of esters is 1. The van der Waals surface area contributed by atoms with Crippen LogP contribution >= 0.6 is 11.8 Å². The van der Waals surface area contributed by atoms with Gasteiger partial charge in [0.1, 0.15) is 5.25 Å². The first-order valence-electron chi connectivity index (χ1n) is 6.47. The molecule has 2 atom stereocenters. The lowest BCUT2D eigenvalue weighted by atomic mass is 10.1. The molecule has 1 aromatic rings. The van der Waals surface area contributed by atoms with Gasteiger partial charge in [0.05, 0.1) is 12.4 Å². The van der Waals surface area contributed by atoms with E-state index in [1.165, 1.54) is 18.9 Å². The molecule has 0 radical (unpaired) electrons. The Morgan fingerprint density at radius 3 is 2.45 bits per heavy atom. The molecule has 0 aliphatic carbocycles. The van der Waals surface area contributed by atoms with Crippen LogP contribution in [0.5, 0.6) is 0 Å². The van der Waals surface area contributed by atoms with E-state index in [0.29, 0.717) is 0 Å². The van der Waals surface area contributed by atoms with Gasteiger partial charge in [0, 0.05) is 5.69 Å². The van der Waals surface area contributed by atoms with E-state index in [1.54, 1.807) is 13.8 Å². The Bertz CT molecular complexity index is 502. The first-order valence-corrected chi connectivity index (χ1v) is 7.41. The quantitative estimate of drug-likeness (QED) is 0.849. The molecule has 0 fully saturated rings. The number of rotatable bonds is 5. The van der Waals surface area contributed by atoms with Crippen LogP contribution in [0, 0.1) is 13.8 Å². The zero-order valence-electron chi connectivity index (χ0n) is 12.5. The van der Waals surface area contributed by atoms with E-state index >= 15 is 0 Å². The number of nitrogens with one attached hydrogen (secondary N) is 1. The topological polar surface area (TPSA) is 55.4 Å². The summed E-state index contributed by atoms with van der Waals surface area (Å²) in [4.78, 5) is 23.5. The van der Waals surface area contributed by atoms with Gasteiger partial charge in [0.25, 0.3) is 0 Å². The molecule has 0 bridgehead atoms. The molecule has 0 saturated carbocycles. The third-order valence-electron chi connectivity index (χ3n) is 3.17. The summed E-state index contributed by atoms with van der Waals surface area (Å²) >= 11 is 1.28. The number of ether oxygens (including phenoxy) is 1. The lowest BCUT2D eigenvalue weighted by Gasteiger charge is -2.16. The van der Waals surface area contributed by atoms with Gasteiger partial charge in [-0.15, -0.1) is 11.8 Å². The molecule has 0 spiro atoms. The second-order valence-electron chi connectivity index (χ2n) is 4.68. The van der Waals surface area contributed by atoms with Gasteiger partial charge in [-0.2, -0.15) is 0 Å². The zero-order chi connectivity index (χ0) is 15.3. The van der Waals surface area contributed by atoms with Crippen LogP contribution in [0.15, 0.2) is 18.2 Å². The molecule has 2 unspecified atom stereocenters. The molecule has 110 valence electrons. The number of aryl methyl sites for hydroxylation is 1. The van der Waals surface area contributed by atoms with Crippen LogP contribution in [0.4, 0.5) is 5.69 Å². The smallest absolute Gasteiger partial charge is 0.318 e. The molecule has 20 heavy (non-hydrogen) atoms. The largest absolute Gasteiger partial charge is 0.468 e. The van der Waals surface area contributed by atoms with Crippen LogP contribution in [0.3, 0.4) is 0 Å². The average Bonchev–Trinajstić information content (AvgIpc) is 2.42. The minimum Gasteiger partial charge on any atom is -0.468 e. The number of hydrogen-bond acceptors (Lipinski definition) is 4. The van der Waals surface area contributed by atoms with Crippen molar-refractivity contribution >= 4 is 29.3 Å². The van der Waals surface area contributed by atoms with Gasteiger partial charge >= 0.3 is 5.97 Å². The molecule has 5 heteroatoms. The van der Waals surface area contributed by atoms with Gasteiger partial charge < -0.3 is 10.1 Å². The zero-order valence-corrected chi connectivity index (χ0v) is 13.3. The standard InChI is InChI=1S/C15H21NO3S/c1-9-7-6-8-13(10(9)2)16-14(17)11(3)20-12(4)15(18)19-5/h6-8,11-12H,1-5H3,(H,16,17). The van der Waals surface area contributed by atoms with Crippen molar-refractivity contribution in [1.82, 2.24) is 0 Å². The number of methoxy groups -OCH3 is 1. The van der Waals surface area contributed by atoms with Crippen molar-refractivity contribution in [2.24, 2.45) is 0 Å². The molecule has 0 aromatic heterocycles. The van der Waals surface area contributed by atoms with E-state index < -0.39 is 0 Å². The minimum absolute atomic E-state index is 0.112. The van der Waals surface area contributed by atoms with Crippen molar-refractivity contribution in [3.63, 3.8) is 0 Å². The summed E-state index contributed by atoms with van der Waals surface area (Å²) in [6, 6.07) is 5.79. The van der Waals surface area contributed by atoms with Crippen molar-refractivity contribution in [2.45, 2.75) is 38.2 Å². The maximum absolute atomic E-state index is 12.1. The van der Waals surface area contributed by atoms with Gasteiger partial charge in [-0.05, 0) is 44.9 Å². The third kappa shape index (κ3) is 4.27. The van der Waals surface area contributed by atoms with Gasteiger partial charge in [0.15, 0.2) is 0 Å². The second-order valence-corrected chi connectivity index (χ2v) is 6.37. The summed E-state index contributed by atoms with van der Waals surface area (Å²) in [5.41, 5.74) is 3.00. The van der Waals surface area contributed by atoms with E-state index in [9.17, 15) is 9.59 Å². The van der Waals surface area contributed by atoms with Crippen LogP contribution in [0.2, 0.25) is 0 Å². The van der Waals surface area contributed by atoms with Gasteiger partial charge in [-0.3, -0.25) is 9.59 Å². The number of anilines is 1. The van der Waals surface area contributed by atoms with Crippen molar-refractivity contribution in [3.05, 3.63) is 29.3 Å². The summed E-state index contributed by atoms with van der Waals surface area (Å²) in [5.74, 6) is -0.430. The minimum atomic E-state index is -0.362. The molecular formula is C15H21NO3S. The highest BCUT2D eigenvalue weighted by Gasteiger charge is 2.22. The Balaban J connectivity index is 2.66. The van der Waals surface area contributed by atoms with E-state index in [-0.39, 0.29) is 22.4 Å². The second kappa shape index (κ2) is 7.33. The predicted octanol–water partition coefficient (Wildman–Crippen LogP) is 2.93. The highest BCUT2D eigenvalue weighted by atomic mass is 32.2. The number of thioether (sulfide) groups is 1. The highest BCUT2D eigenvalue weighted by Crippen LogP contribution is 2.22. The van der Waals surface area contributed by atoms with Crippen LogP contribution in [-0.2, 0) is 14.3 Å². The fourth-order valence-electron chi connectivity index (χ4n) is 1.71. The maximum atomic E-state index is 12.1. The van der Waals surface area contributed by atoms with Crippen LogP contribution in [0.25, 0.3) is 0 Å². The number of carbonyl (C=O) groups is 2. The Kier molecular flexibility index (Phi) is 6.07. The first-order chi connectivity index (χ1) is 9.36. The SMILES string of the molecule is COC(=O)C(C)SC(C)C(=O)Nc1cccc(C)c1C. The highest BCUT2D eigenvalue weighted by molar-refractivity contribution is 8.01. The van der Waals surface area contributed by atoms with Crippen LogP contribution < -0.4 is 5.32 Å². The maximum Gasteiger partial charge on any atom is 0.318 e. The Hall–Kier alpha value is -1.49. The summed E-state index contributed by atoms with van der Waals surface area (Å²) in [6.07, 6.45) is 0. The summed E-state index contributed by atoms with van der Waals surface area (Å²) < 4.78 is 4.65. The van der Waals surface area contributed by atoms with Crippen molar-refractivity contribution in [3.8, 4) is 0 Å². The van der Waals surface area contributed by atoms with Crippen molar-refractivity contribution in [2.75, 3.05) is 12.4 Å². The van der Waals surface area contributed by atoms with Crippen LogP contribution in [-0.4, -0.2) is 29.5 Å². The molecule has 1 amide bonds. The van der Waals surface area contributed by atoms with E-state index in [2.05, 4.69) is 10.1 Å². The molecule has 0 aliphatic heterocycles. The molecule has 1 aromatic carbocycles. The molecule has 0 heterocycles. The van der Waals surface area contributed by atoms with E-state index in [4.69, 9.17) is 0 Å². The third-order valence-corrected chi connectivity index (χ3v) is 4.40. The van der Waals surface area contributed by atoms with Gasteiger partial charge in [-0.1, -0.05) is 12.1 Å². The summed E-state index contributed by atoms with van der Waals surface area (Å²) in [7, 11) is 1.35. The molecule has 1 rings (SSSR count). The fourth-order valence-corrected chi connectivity index (χ4v) is 2.71. The number of carbonyl (C=O) groups excluding carboxylic acids is 2. The molecule has 0 aliphatic rings. The lowest BCUT2D eigenvalue weighted by molar-refractivity contribution is -0.139. The van der Waals surface area contributed by atoms with Crippen molar-refractivity contribution in [1.29, 1.82) is 0 Å². The average molecular weight is 295 g/mol. The molecule has 4 nitrogen and oxygen atoms in total. The fraction of sp³-hybridized carbons (Fsp3) is 0.467. The number of benzene rings is 1. The number of hydrogen-bond donors (Lipinski definition) is 1. The molecule has 0 saturated heterocycles. The monoisotopic (exact) mass is 295 g/mol. The molecular weight excluding hydrogens is 274 g/mol. The van der Waals surface area contributed by atoms with Gasteiger partial charge in [0.2, 0.25) is 5.91 Å².